The predicted octanol–water partition coefficient (Wildman–Crippen LogP) is 1.84. The third-order valence-electron chi connectivity index (χ3n) is 7.02. The number of carbonyl (C=O) groups excluding carboxylic acids is 3. The van der Waals surface area contributed by atoms with E-state index in [-0.39, 0.29) is 50.0 Å². The molecule has 33 heavy (non-hydrogen) atoms. The maximum absolute atomic E-state index is 13.0. The van der Waals surface area contributed by atoms with Gasteiger partial charge in [0.2, 0.25) is 5.91 Å². The van der Waals surface area contributed by atoms with Gasteiger partial charge >= 0.3 is 18.1 Å². The lowest BCUT2D eigenvalue weighted by atomic mass is 9.78. The van der Waals surface area contributed by atoms with E-state index in [4.69, 9.17) is 4.74 Å². The second-order valence-electron chi connectivity index (χ2n) is 10.1. The first-order valence-corrected chi connectivity index (χ1v) is 12.1. The SMILES string of the molecule is CC(C)C(OC(=O)N1CCN(C(=O)N2C(=O)[C@H](CC3CCCNC3)[C@H]2C(=O)O)CC1)C(C)C. The molecule has 3 heterocycles. The van der Waals surface area contributed by atoms with Gasteiger partial charge in [-0.1, -0.05) is 27.7 Å². The minimum atomic E-state index is -1.15. The number of ether oxygens (including phenoxy) is 1. The lowest BCUT2D eigenvalue weighted by molar-refractivity contribution is -0.167. The molecule has 0 aromatic heterocycles. The molecular formula is C23H38N4O6. The van der Waals surface area contributed by atoms with Gasteiger partial charge < -0.3 is 25.0 Å². The number of rotatable bonds is 6. The summed E-state index contributed by atoms with van der Waals surface area (Å²) in [7, 11) is 0. The summed E-state index contributed by atoms with van der Waals surface area (Å²) in [6, 6.07) is -1.70. The number of aliphatic carboxylic acids is 1. The Morgan fingerprint density at radius 1 is 1.06 bits per heavy atom. The number of hydrogen-bond acceptors (Lipinski definition) is 6. The van der Waals surface area contributed by atoms with Crippen molar-refractivity contribution in [2.45, 2.75) is 59.1 Å². The summed E-state index contributed by atoms with van der Waals surface area (Å²) >= 11 is 0. The topological polar surface area (TPSA) is 119 Å². The van der Waals surface area contributed by atoms with Crippen LogP contribution in [0.2, 0.25) is 0 Å². The van der Waals surface area contributed by atoms with Gasteiger partial charge in [0.05, 0.1) is 5.92 Å². The maximum Gasteiger partial charge on any atom is 0.410 e. The first-order valence-electron chi connectivity index (χ1n) is 12.1. The van der Waals surface area contributed by atoms with Crippen molar-refractivity contribution in [3.63, 3.8) is 0 Å². The van der Waals surface area contributed by atoms with Crippen LogP contribution >= 0.6 is 0 Å². The van der Waals surface area contributed by atoms with E-state index >= 15 is 0 Å². The van der Waals surface area contributed by atoms with E-state index in [2.05, 4.69) is 5.32 Å². The molecule has 1 unspecified atom stereocenters. The lowest BCUT2D eigenvalue weighted by Gasteiger charge is -2.47. The summed E-state index contributed by atoms with van der Waals surface area (Å²) in [6.07, 6.45) is 1.86. The Labute approximate surface area is 195 Å². The Hall–Kier alpha value is -2.36. The monoisotopic (exact) mass is 466 g/mol. The third-order valence-corrected chi connectivity index (χ3v) is 7.02. The predicted molar refractivity (Wildman–Crippen MR) is 120 cm³/mol. The van der Waals surface area contributed by atoms with Gasteiger partial charge in [0.15, 0.2) is 6.04 Å². The summed E-state index contributed by atoms with van der Waals surface area (Å²) in [5.41, 5.74) is 0. The first kappa shape index (κ1) is 25.3. The van der Waals surface area contributed by atoms with Crippen LogP contribution in [0, 0.1) is 23.7 Å². The summed E-state index contributed by atoms with van der Waals surface area (Å²) < 4.78 is 5.68. The molecule has 186 valence electrons. The molecule has 0 spiro atoms. The van der Waals surface area contributed by atoms with Crippen molar-refractivity contribution in [3.05, 3.63) is 0 Å². The zero-order chi connectivity index (χ0) is 24.3. The number of likely N-dealkylation sites (tertiary alicyclic amines) is 1. The Morgan fingerprint density at radius 3 is 2.18 bits per heavy atom. The maximum atomic E-state index is 13.0. The number of nitrogens with zero attached hydrogens (tertiary/aromatic N) is 3. The zero-order valence-electron chi connectivity index (χ0n) is 20.2. The van der Waals surface area contributed by atoms with Crippen LogP contribution < -0.4 is 5.32 Å². The largest absolute Gasteiger partial charge is 0.480 e. The number of amides is 4. The van der Waals surface area contributed by atoms with Gasteiger partial charge in [0, 0.05) is 26.2 Å². The molecular weight excluding hydrogens is 428 g/mol. The number of piperidine rings is 1. The lowest BCUT2D eigenvalue weighted by Crippen LogP contribution is -2.69. The Bertz CT molecular complexity index is 735. The molecule has 0 aromatic rings. The molecule has 3 rings (SSSR count). The summed E-state index contributed by atoms with van der Waals surface area (Å²) in [5, 5.41) is 13.0. The summed E-state index contributed by atoms with van der Waals surface area (Å²) in [6.45, 7) is 10.8. The number of carbonyl (C=O) groups is 4. The van der Waals surface area contributed by atoms with Crippen LogP contribution in [0.1, 0.15) is 47.0 Å². The molecule has 0 aliphatic carbocycles. The van der Waals surface area contributed by atoms with Crippen molar-refractivity contribution in [3.8, 4) is 0 Å². The Kier molecular flexibility index (Phi) is 8.20. The highest BCUT2D eigenvalue weighted by Gasteiger charge is 2.56. The van der Waals surface area contributed by atoms with Gasteiger partial charge in [-0.15, -0.1) is 0 Å². The van der Waals surface area contributed by atoms with E-state index in [0.29, 0.717) is 6.42 Å². The zero-order valence-corrected chi connectivity index (χ0v) is 20.2. The van der Waals surface area contributed by atoms with Crippen molar-refractivity contribution in [2.24, 2.45) is 23.7 Å². The fraction of sp³-hybridized carbons (Fsp3) is 0.826. The van der Waals surface area contributed by atoms with E-state index < -0.39 is 36.0 Å². The molecule has 4 amide bonds. The standard InChI is InChI=1S/C23H38N4O6/c1-14(2)19(15(3)4)33-23(32)26-10-8-25(9-11-26)22(31)27-18(21(29)30)17(20(27)28)12-16-6-5-7-24-13-16/h14-19,24H,5-13H2,1-4H3,(H,29,30)/t16?,17-,18+/m1/s1. The highest BCUT2D eigenvalue weighted by atomic mass is 16.6. The Balaban J connectivity index is 1.54. The van der Waals surface area contributed by atoms with Gasteiger partial charge in [-0.25, -0.2) is 19.3 Å². The molecule has 0 saturated carbocycles. The van der Waals surface area contributed by atoms with E-state index in [1.807, 2.05) is 27.7 Å². The molecule has 10 heteroatoms. The first-order chi connectivity index (χ1) is 15.6. The molecule has 0 radical (unpaired) electrons. The fourth-order valence-corrected chi connectivity index (χ4v) is 5.22. The number of imide groups is 1. The van der Waals surface area contributed by atoms with Crippen molar-refractivity contribution in [1.82, 2.24) is 20.0 Å². The van der Waals surface area contributed by atoms with Crippen molar-refractivity contribution in [2.75, 3.05) is 39.3 Å². The van der Waals surface area contributed by atoms with Gasteiger partial charge in [0.1, 0.15) is 6.10 Å². The van der Waals surface area contributed by atoms with Gasteiger partial charge in [-0.3, -0.25) is 4.79 Å². The van der Waals surface area contributed by atoms with Crippen molar-refractivity contribution >= 4 is 24.0 Å². The fourth-order valence-electron chi connectivity index (χ4n) is 5.22. The smallest absolute Gasteiger partial charge is 0.410 e. The molecule has 0 bridgehead atoms. The molecule has 10 nitrogen and oxygen atoms in total. The molecule has 3 aliphatic heterocycles. The second-order valence-corrected chi connectivity index (χ2v) is 10.1. The summed E-state index contributed by atoms with van der Waals surface area (Å²) in [5.74, 6) is -1.57. The number of nitrogens with one attached hydrogen (secondary N) is 1. The van der Waals surface area contributed by atoms with Gasteiger partial charge in [-0.2, -0.15) is 0 Å². The van der Waals surface area contributed by atoms with Gasteiger partial charge in [0.25, 0.3) is 0 Å². The number of urea groups is 1. The highest BCUT2D eigenvalue weighted by Crippen LogP contribution is 2.35. The van der Waals surface area contributed by atoms with Crippen molar-refractivity contribution in [1.29, 1.82) is 0 Å². The van der Waals surface area contributed by atoms with Crippen LogP contribution in [-0.4, -0.2) is 95.2 Å². The average Bonchev–Trinajstić information content (AvgIpc) is 2.78. The molecule has 2 N–H and O–H groups in total. The van der Waals surface area contributed by atoms with E-state index in [1.54, 1.807) is 4.90 Å². The molecule has 0 aromatic carbocycles. The van der Waals surface area contributed by atoms with Crippen LogP contribution in [0.4, 0.5) is 9.59 Å². The second kappa shape index (κ2) is 10.7. The number of hydrogen-bond donors (Lipinski definition) is 2. The van der Waals surface area contributed by atoms with Gasteiger partial charge in [-0.05, 0) is 50.1 Å². The van der Waals surface area contributed by atoms with Crippen LogP contribution in [0.3, 0.4) is 0 Å². The minimum Gasteiger partial charge on any atom is -0.480 e. The molecule has 3 aliphatic rings. The van der Waals surface area contributed by atoms with E-state index in [9.17, 15) is 24.3 Å². The number of carboxylic acids is 1. The molecule has 3 saturated heterocycles. The minimum absolute atomic E-state index is 0.191. The normalized spacial score (nSPS) is 26.1. The Morgan fingerprint density at radius 2 is 1.67 bits per heavy atom. The number of carboxylic acid groups (broad SMARTS) is 1. The molecule has 3 atom stereocenters. The van der Waals surface area contributed by atoms with Crippen LogP contribution in [0.5, 0.6) is 0 Å². The quantitative estimate of drug-likeness (QED) is 0.573. The van der Waals surface area contributed by atoms with Crippen LogP contribution in [0.25, 0.3) is 0 Å². The average molecular weight is 467 g/mol. The van der Waals surface area contributed by atoms with Crippen LogP contribution in [-0.2, 0) is 14.3 Å². The number of piperazine rings is 1. The summed E-state index contributed by atoms with van der Waals surface area (Å²) in [4.78, 5) is 54.1. The highest BCUT2D eigenvalue weighted by molar-refractivity contribution is 6.07. The third kappa shape index (κ3) is 5.59. The van der Waals surface area contributed by atoms with E-state index in [0.717, 1.165) is 30.8 Å². The van der Waals surface area contributed by atoms with E-state index in [1.165, 1.54) is 4.90 Å². The molecule has 3 fully saturated rings. The number of β-lactam (4-membered cyclic amide) rings is 1. The van der Waals surface area contributed by atoms with Crippen molar-refractivity contribution < 1.29 is 29.0 Å². The van der Waals surface area contributed by atoms with Crippen LogP contribution in [0.15, 0.2) is 0 Å².